The molecule has 0 heterocycles. The number of hydrogen-bond donors (Lipinski definition) is 0. The Kier molecular flexibility index (Phi) is 52.9. The normalized spacial score (nSPS) is 12.8. The van der Waals surface area contributed by atoms with Gasteiger partial charge in [0.25, 0.3) is 0 Å². The third kappa shape index (κ3) is 53.3. The predicted octanol–water partition coefficient (Wildman–Crippen LogP) is 18.9. The smallest absolute Gasteiger partial charge is 0.306 e. The molecule has 0 bridgehead atoms. The van der Waals surface area contributed by atoms with E-state index in [0.717, 1.165) is 122 Å². The Bertz CT molecular complexity index is 1360. The average Bonchev–Trinajstić information content (AvgIpc) is 3.34. The lowest BCUT2D eigenvalue weighted by Gasteiger charge is -2.18. The second-order valence-corrected chi connectivity index (χ2v) is 18.5. The molecule has 0 amide bonds. The third-order valence-electron chi connectivity index (χ3n) is 11.8. The van der Waals surface area contributed by atoms with Crippen LogP contribution in [-0.4, -0.2) is 37.2 Å². The summed E-state index contributed by atoms with van der Waals surface area (Å²) in [4.78, 5) is 37.9. The number of hydrogen-bond acceptors (Lipinski definition) is 6. The van der Waals surface area contributed by atoms with E-state index in [0.29, 0.717) is 19.3 Å². The molecule has 0 aromatic heterocycles. The van der Waals surface area contributed by atoms with E-state index in [2.05, 4.69) is 118 Å². The highest BCUT2D eigenvalue weighted by atomic mass is 16.6. The van der Waals surface area contributed by atoms with Gasteiger partial charge in [-0.25, -0.2) is 0 Å². The molecule has 0 aromatic carbocycles. The summed E-state index contributed by atoms with van der Waals surface area (Å²) in [5.41, 5.74) is 0. The lowest BCUT2D eigenvalue weighted by atomic mass is 10.1. The van der Waals surface area contributed by atoms with Crippen molar-refractivity contribution >= 4 is 17.9 Å². The van der Waals surface area contributed by atoms with Gasteiger partial charge in [-0.15, -0.1) is 0 Å². The first kappa shape index (κ1) is 64.3. The van der Waals surface area contributed by atoms with Crippen molar-refractivity contribution in [1.29, 1.82) is 0 Å². The van der Waals surface area contributed by atoms with Crippen LogP contribution < -0.4 is 0 Å². The first-order chi connectivity index (χ1) is 33.5. The highest BCUT2D eigenvalue weighted by Crippen LogP contribution is 2.14. The highest BCUT2D eigenvalue weighted by Gasteiger charge is 2.19. The zero-order chi connectivity index (χ0) is 49.3. The standard InChI is InChI=1S/C62H104O6/c1-4-7-10-13-16-18-20-22-24-25-26-27-28-29-30-31-32-33-34-35-36-37-38-40-41-43-46-49-52-55-61(64)67-58-59(57-66-60(63)54-51-48-45-15-12-9-6-3)68-62(65)56-53-50-47-44-42-39-23-21-19-17-14-11-8-5-2/h7,10,16,18,21-24,26-27,29-30,32-33,35-36,59H,4-6,8-9,11-15,17,19-20,25,28,31,34,37-58H2,1-3H3/b10-7-,18-16-,23-21-,24-22-,27-26-,30-29-,33-32-,36-35-. The van der Waals surface area contributed by atoms with E-state index in [1.807, 2.05) is 0 Å². The summed E-state index contributed by atoms with van der Waals surface area (Å²) in [5.74, 6) is -0.910. The molecule has 1 unspecified atom stereocenters. The second kappa shape index (κ2) is 55.9. The van der Waals surface area contributed by atoms with E-state index in [-0.39, 0.29) is 31.1 Å². The van der Waals surface area contributed by atoms with Gasteiger partial charge in [0.05, 0.1) is 0 Å². The van der Waals surface area contributed by atoms with E-state index in [9.17, 15) is 14.4 Å². The SMILES string of the molecule is CC/C=C\C/C=C\C/C=C\C/C=C\C/C=C\C/C=C\C/C=C\CCCCCCCCCC(=O)OCC(COC(=O)CCCCCCCCC)OC(=O)CCCCCCC/C=C\CCCCCCC. The number of esters is 3. The zero-order valence-electron chi connectivity index (χ0n) is 44.3. The Morgan fingerprint density at radius 3 is 0.912 bits per heavy atom. The maximum atomic E-state index is 12.8. The van der Waals surface area contributed by atoms with Gasteiger partial charge in [0, 0.05) is 19.3 Å². The number of carbonyl (C=O) groups excluding carboxylic acids is 3. The van der Waals surface area contributed by atoms with Crippen LogP contribution in [0.25, 0.3) is 0 Å². The largest absolute Gasteiger partial charge is 0.462 e. The molecule has 68 heavy (non-hydrogen) atoms. The van der Waals surface area contributed by atoms with Crippen molar-refractivity contribution in [2.45, 2.75) is 264 Å². The molecular formula is C62H104O6. The van der Waals surface area contributed by atoms with Crippen LogP contribution in [0, 0.1) is 0 Å². The molecular weight excluding hydrogens is 841 g/mol. The van der Waals surface area contributed by atoms with Crippen LogP contribution in [-0.2, 0) is 28.6 Å². The van der Waals surface area contributed by atoms with E-state index < -0.39 is 6.10 Å². The third-order valence-corrected chi connectivity index (χ3v) is 11.8. The number of carbonyl (C=O) groups is 3. The Balaban J connectivity index is 4.19. The minimum Gasteiger partial charge on any atom is -0.462 e. The van der Waals surface area contributed by atoms with E-state index in [4.69, 9.17) is 14.2 Å². The van der Waals surface area contributed by atoms with Crippen molar-refractivity contribution in [2.75, 3.05) is 13.2 Å². The molecule has 388 valence electrons. The van der Waals surface area contributed by atoms with Crippen molar-refractivity contribution in [1.82, 2.24) is 0 Å². The van der Waals surface area contributed by atoms with Crippen LogP contribution in [0.1, 0.15) is 258 Å². The topological polar surface area (TPSA) is 78.9 Å². The molecule has 0 saturated heterocycles. The second-order valence-electron chi connectivity index (χ2n) is 18.5. The van der Waals surface area contributed by atoms with E-state index in [1.54, 1.807) is 0 Å². The summed E-state index contributed by atoms with van der Waals surface area (Å²) in [7, 11) is 0. The van der Waals surface area contributed by atoms with Gasteiger partial charge in [0.1, 0.15) is 13.2 Å². The lowest BCUT2D eigenvalue weighted by Crippen LogP contribution is -2.30. The van der Waals surface area contributed by atoms with Gasteiger partial charge >= 0.3 is 17.9 Å². The van der Waals surface area contributed by atoms with Crippen molar-refractivity contribution < 1.29 is 28.6 Å². The number of ether oxygens (including phenoxy) is 3. The van der Waals surface area contributed by atoms with Crippen molar-refractivity contribution in [3.8, 4) is 0 Å². The quantitative estimate of drug-likeness (QED) is 0.0262. The Morgan fingerprint density at radius 2 is 0.574 bits per heavy atom. The van der Waals surface area contributed by atoms with Gasteiger partial charge in [-0.3, -0.25) is 14.4 Å². The maximum absolute atomic E-state index is 12.8. The number of unbranched alkanes of at least 4 members (excludes halogenated alkanes) is 23. The highest BCUT2D eigenvalue weighted by molar-refractivity contribution is 5.71. The van der Waals surface area contributed by atoms with Gasteiger partial charge in [-0.1, -0.05) is 234 Å². The molecule has 0 fully saturated rings. The maximum Gasteiger partial charge on any atom is 0.306 e. The summed E-state index contributed by atoms with van der Waals surface area (Å²) in [5, 5.41) is 0. The first-order valence-electron chi connectivity index (χ1n) is 28.2. The van der Waals surface area contributed by atoms with Gasteiger partial charge in [-0.05, 0) is 103 Å². The molecule has 0 aliphatic rings. The molecule has 6 heteroatoms. The van der Waals surface area contributed by atoms with Crippen LogP contribution in [0.3, 0.4) is 0 Å². The Morgan fingerprint density at radius 1 is 0.309 bits per heavy atom. The fraction of sp³-hybridized carbons (Fsp3) is 0.694. The van der Waals surface area contributed by atoms with Gasteiger partial charge < -0.3 is 14.2 Å². The molecule has 0 aliphatic carbocycles. The van der Waals surface area contributed by atoms with Gasteiger partial charge in [0.2, 0.25) is 0 Å². The zero-order valence-corrected chi connectivity index (χ0v) is 44.3. The molecule has 6 nitrogen and oxygen atoms in total. The van der Waals surface area contributed by atoms with Crippen LogP contribution in [0.5, 0.6) is 0 Å². The number of allylic oxidation sites excluding steroid dienone is 16. The van der Waals surface area contributed by atoms with E-state index >= 15 is 0 Å². The predicted molar refractivity (Wildman–Crippen MR) is 293 cm³/mol. The molecule has 0 aromatic rings. The van der Waals surface area contributed by atoms with Crippen LogP contribution in [0.4, 0.5) is 0 Å². The molecule has 1 atom stereocenters. The van der Waals surface area contributed by atoms with Crippen molar-refractivity contribution in [2.24, 2.45) is 0 Å². The summed E-state index contributed by atoms with van der Waals surface area (Å²) >= 11 is 0. The average molecular weight is 946 g/mol. The van der Waals surface area contributed by atoms with Crippen LogP contribution in [0.15, 0.2) is 97.2 Å². The molecule has 0 radical (unpaired) electrons. The monoisotopic (exact) mass is 945 g/mol. The minimum absolute atomic E-state index is 0.0835. The van der Waals surface area contributed by atoms with Gasteiger partial charge in [-0.2, -0.15) is 0 Å². The summed E-state index contributed by atoms with van der Waals surface area (Å²) < 4.78 is 16.7. The summed E-state index contributed by atoms with van der Waals surface area (Å²) in [6.07, 6.45) is 74.2. The lowest BCUT2D eigenvalue weighted by molar-refractivity contribution is -0.167. The van der Waals surface area contributed by atoms with E-state index in [1.165, 1.54) is 96.3 Å². The summed E-state index contributed by atoms with van der Waals surface area (Å²) in [6, 6.07) is 0. The van der Waals surface area contributed by atoms with Crippen molar-refractivity contribution in [3.63, 3.8) is 0 Å². The van der Waals surface area contributed by atoms with Crippen LogP contribution in [0.2, 0.25) is 0 Å². The minimum atomic E-state index is -0.783. The number of rotatable bonds is 50. The first-order valence-corrected chi connectivity index (χ1v) is 28.2. The molecule has 0 spiro atoms. The molecule has 0 rings (SSSR count). The van der Waals surface area contributed by atoms with Crippen molar-refractivity contribution in [3.05, 3.63) is 97.2 Å². The Labute approximate surface area is 419 Å². The summed E-state index contributed by atoms with van der Waals surface area (Å²) in [6.45, 7) is 6.45. The molecule has 0 N–H and O–H groups in total. The van der Waals surface area contributed by atoms with Gasteiger partial charge in [0.15, 0.2) is 6.10 Å². The Hall–Kier alpha value is -3.67. The fourth-order valence-electron chi connectivity index (χ4n) is 7.59. The fourth-order valence-corrected chi connectivity index (χ4v) is 7.59. The molecule has 0 aliphatic heterocycles. The van der Waals surface area contributed by atoms with Crippen LogP contribution >= 0.6 is 0 Å². The molecule has 0 saturated carbocycles.